The zero-order valence-electron chi connectivity index (χ0n) is 14.9. The summed E-state index contributed by atoms with van der Waals surface area (Å²) in [5, 5.41) is 2.67. The third kappa shape index (κ3) is 5.35. The highest BCUT2D eigenvalue weighted by Crippen LogP contribution is 2.22. The Morgan fingerprint density at radius 1 is 0.960 bits per heavy atom. The van der Waals surface area contributed by atoms with Crippen molar-refractivity contribution in [2.24, 2.45) is 0 Å². The topological polar surface area (TPSA) is 64.6 Å². The average molecular weight is 341 g/mol. The average Bonchev–Trinajstić information content (AvgIpc) is 2.58. The molecule has 25 heavy (non-hydrogen) atoms. The van der Waals surface area contributed by atoms with Crippen LogP contribution in [0.3, 0.4) is 0 Å². The Morgan fingerprint density at radius 2 is 1.56 bits per heavy atom. The minimum absolute atomic E-state index is 0.211. The van der Waals surface area contributed by atoms with Gasteiger partial charge in [0.1, 0.15) is 17.4 Å². The number of amides is 1. The van der Waals surface area contributed by atoms with Gasteiger partial charge in [-0.25, -0.2) is 4.79 Å². The van der Waals surface area contributed by atoms with E-state index in [4.69, 9.17) is 9.47 Å². The van der Waals surface area contributed by atoms with Crippen molar-refractivity contribution < 1.29 is 19.1 Å². The second kappa shape index (κ2) is 7.83. The Labute approximate surface area is 148 Å². The van der Waals surface area contributed by atoms with Crippen LogP contribution in [0.5, 0.6) is 5.75 Å². The Bertz CT molecular complexity index is 718. The number of Topliss-reactive ketones (excluding diaryl/α,β-unsaturated/α-hetero) is 1. The minimum atomic E-state index is -0.844. The lowest BCUT2D eigenvalue weighted by atomic mass is 9.97. The van der Waals surface area contributed by atoms with Crippen LogP contribution in [-0.4, -0.2) is 24.6 Å². The first-order valence-electron chi connectivity index (χ1n) is 8.03. The Hall–Kier alpha value is -2.82. The summed E-state index contributed by atoms with van der Waals surface area (Å²) in [6, 6.07) is 15.0. The van der Waals surface area contributed by atoms with E-state index in [1.54, 1.807) is 76.4 Å². The van der Waals surface area contributed by atoms with Crippen LogP contribution in [0.1, 0.15) is 42.7 Å². The van der Waals surface area contributed by atoms with Crippen LogP contribution in [0, 0.1) is 0 Å². The van der Waals surface area contributed by atoms with Crippen LogP contribution >= 0.6 is 0 Å². The summed E-state index contributed by atoms with van der Waals surface area (Å²) >= 11 is 0. The maximum absolute atomic E-state index is 12.9. The summed E-state index contributed by atoms with van der Waals surface area (Å²) in [6.07, 6.45) is -0.641. The van der Waals surface area contributed by atoms with Crippen molar-refractivity contribution in [2.45, 2.75) is 32.4 Å². The van der Waals surface area contributed by atoms with Gasteiger partial charge in [0.2, 0.25) is 0 Å². The van der Waals surface area contributed by atoms with E-state index in [1.165, 1.54) is 0 Å². The molecule has 0 saturated carbocycles. The van der Waals surface area contributed by atoms with E-state index in [0.717, 1.165) is 0 Å². The highest BCUT2D eigenvalue weighted by molar-refractivity contribution is 6.02. The summed E-state index contributed by atoms with van der Waals surface area (Å²) in [7, 11) is 1.57. The van der Waals surface area contributed by atoms with Gasteiger partial charge in [-0.2, -0.15) is 0 Å². The number of ether oxygens (including phenoxy) is 2. The molecule has 1 atom stereocenters. The number of ketones is 1. The second-order valence-electron chi connectivity index (χ2n) is 6.58. The summed E-state index contributed by atoms with van der Waals surface area (Å²) < 4.78 is 10.4. The molecule has 1 unspecified atom stereocenters. The van der Waals surface area contributed by atoms with Crippen molar-refractivity contribution in [2.75, 3.05) is 7.11 Å². The van der Waals surface area contributed by atoms with Gasteiger partial charge in [0.25, 0.3) is 0 Å². The number of carbonyl (C=O) groups is 2. The van der Waals surface area contributed by atoms with E-state index >= 15 is 0 Å². The van der Waals surface area contributed by atoms with Crippen molar-refractivity contribution in [1.82, 2.24) is 5.32 Å². The molecule has 2 rings (SSSR count). The predicted molar refractivity (Wildman–Crippen MR) is 95.9 cm³/mol. The summed E-state index contributed by atoms with van der Waals surface area (Å²) in [5.41, 5.74) is 0.518. The molecule has 0 aliphatic heterocycles. The fraction of sp³-hybridized carbons (Fsp3) is 0.300. The zero-order chi connectivity index (χ0) is 18.4. The van der Waals surface area contributed by atoms with Crippen molar-refractivity contribution in [3.05, 3.63) is 65.7 Å². The normalized spacial score (nSPS) is 12.2. The Kier molecular flexibility index (Phi) is 5.80. The molecule has 5 heteroatoms. The molecule has 0 radical (unpaired) electrons. The highest BCUT2D eigenvalue weighted by atomic mass is 16.6. The number of nitrogens with one attached hydrogen (secondary N) is 1. The van der Waals surface area contributed by atoms with Gasteiger partial charge in [0.05, 0.1) is 7.11 Å². The van der Waals surface area contributed by atoms with Crippen molar-refractivity contribution in [3.63, 3.8) is 0 Å². The Balaban J connectivity index is 2.30. The lowest BCUT2D eigenvalue weighted by Crippen LogP contribution is -2.38. The fourth-order valence-corrected chi connectivity index (χ4v) is 2.29. The maximum atomic E-state index is 12.9. The summed E-state index contributed by atoms with van der Waals surface area (Å²) in [4.78, 5) is 25.1. The molecule has 1 amide bonds. The first-order valence-corrected chi connectivity index (χ1v) is 8.03. The molecule has 0 heterocycles. The van der Waals surface area contributed by atoms with Gasteiger partial charge < -0.3 is 14.8 Å². The lowest BCUT2D eigenvalue weighted by molar-refractivity contribution is 0.0491. The zero-order valence-corrected chi connectivity index (χ0v) is 14.9. The van der Waals surface area contributed by atoms with E-state index in [1.807, 2.05) is 6.07 Å². The maximum Gasteiger partial charge on any atom is 0.408 e. The molecule has 0 fully saturated rings. The Morgan fingerprint density at radius 3 is 2.08 bits per heavy atom. The molecular formula is C20H23NO4. The highest BCUT2D eigenvalue weighted by Gasteiger charge is 2.26. The van der Waals surface area contributed by atoms with Gasteiger partial charge in [-0.3, -0.25) is 4.79 Å². The smallest absolute Gasteiger partial charge is 0.408 e. The SMILES string of the molecule is COc1ccc(C(NC(=O)OC(C)(C)C)C(=O)c2ccccc2)cc1. The van der Waals surface area contributed by atoms with Gasteiger partial charge in [0, 0.05) is 5.56 Å². The second-order valence-corrected chi connectivity index (χ2v) is 6.58. The molecule has 5 nitrogen and oxygen atoms in total. The molecule has 2 aromatic carbocycles. The predicted octanol–water partition coefficient (Wildman–Crippen LogP) is 4.14. The number of hydrogen-bond acceptors (Lipinski definition) is 4. The van der Waals surface area contributed by atoms with E-state index in [2.05, 4.69) is 5.32 Å². The number of methoxy groups -OCH3 is 1. The number of hydrogen-bond donors (Lipinski definition) is 1. The van der Waals surface area contributed by atoms with E-state index in [-0.39, 0.29) is 5.78 Å². The molecule has 1 N–H and O–H groups in total. The van der Waals surface area contributed by atoms with Gasteiger partial charge in [-0.1, -0.05) is 42.5 Å². The first kappa shape index (κ1) is 18.5. The number of rotatable bonds is 5. The molecule has 0 aliphatic carbocycles. The third-order valence-electron chi connectivity index (χ3n) is 3.43. The van der Waals surface area contributed by atoms with Crippen LogP contribution in [-0.2, 0) is 4.74 Å². The molecule has 0 aliphatic rings. The van der Waals surface area contributed by atoms with Crippen LogP contribution in [0.4, 0.5) is 4.79 Å². The van der Waals surface area contributed by atoms with Crippen molar-refractivity contribution in [3.8, 4) is 5.75 Å². The van der Waals surface area contributed by atoms with Gasteiger partial charge in [-0.05, 0) is 38.5 Å². The first-order chi connectivity index (χ1) is 11.8. The number of carbonyl (C=O) groups excluding carboxylic acids is 2. The quantitative estimate of drug-likeness (QED) is 0.830. The molecule has 0 aromatic heterocycles. The van der Waals surface area contributed by atoms with E-state index in [0.29, 0.717) is 16.9 Å². The minimum Gasteiger partial charge on any atom is -0.497 e. The van der Waals surface area contributed by atoms with Crippen LogP contribution in [0.2, 0.25) is 0 Å². The van der Waals surface area contributed by atoms with Crippen LogP contribution < -0.4 is 10.1 Å². The summed E-state index contributed by atoms with van der Waals surface area (Å²) in [5.74, 6) is 0.462. The van der Waals surface area contributed by atoms with Gasteiger partial charge in [0.15, 0.2) is 5.78 Å². The van der Waals surface area contributed by atoms with Crippen LogP contribution in [0.25, 0.3) is 0 Å². The monoisotopic (exact) mass is 341 g/mol. The third-order valence-corrected chi connectivity index (χ3v) is 3.43. The molecule has 0 bridgehead atoms. The van der Waals surface area contributed by atoms with E-state index < -0.39 is 17.7 Å². The van der Waals surface area contributed by atoms with E-state index in [9.17, 15) is 9.59 Å². The summed E-state index contributed by atoms with van der Waals surface area (Å²) in [6.45, 7) is 5.32. The molecule has 132 valence electrons. The number of alkyl carbamates (subject to hydrolysis) is 1. The molecular weight excluding hydrogens is 318 g/mol. The van der Waals surface area contributed by atoms with Crippen LogP contribution in [0.15, 0.2) is 54.6 Å². The van der Waals surface area contributed by atoms with Crippen molar-refractivity contribution in [1.29, 1.82) is 0 Å². The van der Waals surface area contributed by atoms with Gasteiger partial charge in [-0.15, -0.1) is 0 Å². The lowest BCUT2D eigenvalue weighted by Gasteiger charge is -2.23. The molecule has 2 aromatic rings. The fourth-order valence-electron chi connectivity index (χ4n) is 2.29. The van der Waals surface area contributed by atoms with Crippen molar-refractivity contribution >= 4 is 11.9 Å². The standard InChI is InChI=1S/C20H23NO4/c1-20(2,3)25-19(23)21-17(14-10-12-16(24-4)13-11-14)18(22)15-8-6-5-7-9-15/h5-13,17H,1-4H3,(H,21,23). The van der Waals surface area contributed by atoms with Gasteiger partial charge >= 0.3 is 6.09 Å². The molecule has 0 saturated heterocycles. The largest absolute Gasteiger partial charge is 0.497 e. The molecule has 0 spiro atoms. The number of benzene rings is 2.